The second-order valence-electron chi connectivity index (χ2n) is 9.75. The summed E-state index contributed by atoms with van der Waals surface area (Å²) < 4.78 is 77.9. The van der Waals surface area contributed by atoms with Gasteiger partial charge in [0.05, 0.1) is 22.5 Å². The van der Waals surface area contributed by atoms with Gasteiger partial charge in [-0.05, 0) is 65.0 Å². The molecule has 0 unspecified atom stereocenters. The Morgan fingerprint density at radius 3 is 2.51 bits per heavy atom. The van der Waals surface area contributed by atoms with E-state index in [9.17, 15) is 26.4 Å². The first-order chi connectivity index (χ1) is 19.3. The molecule has 0 amide bonds. The van der Waals surface area contributed by atoms with Crippen LogP contribution >= 0.6 is 15.9 Å². The number of ether oxygens (including phenoxy) is 1. The lowest BCUT2D eigenvalue weighted by molar-refractivity contribution is -0.0429. The Morgan fingerprint density at radius 1 is 1.17 bits per heavy atom. The summed E-state index contributed by atoms with van der Waals surface area (Å²) in [6.07, 6.45) is 1.21. The lowest BCUT2D eigenvalue weighted by Crippen LogP contribution is -2.30. The number of hydrogen-bond acceptors (Lipinski definition) is 6. The van der Waals surface area contributed by atoms with Crippen LogP contribution in [-0.4, -0.2) is 36.1 Å². The molecule has 41 heavy (non-hydrogen) atoms. The molecule has 220 valence electrons. The van der Waals surface area contributed by atoms with Gasteiger partial charge in [-0.1, -0.05) is 39.0 Å². The number of carbonyl (C=O) groups is 1. The zero-order valence-corrected chi connectivity index (χ0v) is 25.2. The van der Waals surface area contributed by atoms with Crippen LogP contribution in [0, 0.1) is 5.92 Å². The van der Waals surface area contributed by atoms with Gasteiger partial charge in [-0.2, -0.15) is 21.6 Å². The van der Waals surface area contributed by atoms with Gasteiger partial charge in [-0.15, -0.1) is 0 Å². The normalized spacial score (nSPS) is 12.3. The van der Waals surface area contributed by atoms with Crippen molar-refractivity contribution < 1.29 is 35.5 Å². The van der Waals surface area contributed by atoms with E-state index >= 15 is 0 Å². The van der Waals surface area contributed by atoms with Crippen molar-refractivity contribution >= 4 is 48.6 Å². The molecule has 13 heteroatoms. The number of aryl methyl sites for hydroxylation is 1. The van der Waals surface area contributed by atoms with E-state index in [2.05, 4.69) is 15.9 Å². The maximum atomic E-state index is 13.0. The van der Waals surface area contributed by atoms with Crippen LogP contribution < -0.4 is 4.72 Å². The molecule has 0 saturated carbocycles. The Kier molecular flexibility index (Phi) is 8.88. The van der Waals surface area contributed by atoms with Crippen LogP contribution in [0.25, 0.3) is 22.3 Å². The topological polar surface area (TPSA) is 103 Å². The Balaban J connectivity index is 1.77. The molecule has 0 bridgehead atoms. The van der Waals surface area contributed by atoms with Crippen molar-refractivity contribution in [2.24, 2.45) is 5.92 Å². The molecule has 8 nitrogen and oxygen atoms in total. The molecule has 2 aromatic heterocycles. The Hall–Kier alpha value is -3.32. The number of rotatable bonds is 10. The fraction of sp³-hybridized carbons (Fsp3) is 0.357. The maximum absolute atomic E-state index is 13.0. The number of nitrogens with one attached hydrogen (secondary N) is 1. The number of carbonyl (C=O) groups excluding carboxylic acids is 1. The quantitative estimate of drug-likeness (QED) is 0.180. The van der Waals surface area contributed by atoms with Gasteiger partial charge >= 0.3 is 21.5 Å². The standard InChI is InChI=1S/C28H29BrF3N3O5S/c1-5-23-33-21(13-16(3)4)25(27(36)39-6-2)35(23)15-17-11-12-22-19(14-17)24(29)26(40-22)18-9-7-8-10-20(18)34-41(37,38)28(30,31)32/h7-12,14,16,34H,5-6,13,15H2,1-4H3. The average Bonchev–Trinajstić information content (AvgIpc) is 3.40. The second-order valence-corrected chi connectivity index (χ2v) is 12.2. The number of anilines is 1. The van der Waals surface area contributed by atoms with Gasteiger partial charge in [0.1, 0.15) is 11.4 Å². The SMILES string of the molecule is CCOC(=O)c1c(CC(C)C)nc(CC)n1Cc1ccc2oc(-c3ccccc3NS(=O)(=O)C(F)(F)F)c(Br)c2c1. The van der Waals surface area contributed by atoms with Gasteiger partial charge in [-0.25, -0.2) is 9.78 Å². The van der Waals surface area contributed by atoms with Crippen molar-refractivity contribution in [3.05, 3.63) is 69.7 Å². The minimum absolute atomic E-state index is 0.121. The molecule has 0 aliphatic carbocycles. The van der Waals surface area contributed by atoms with Crippen molar-refractivity contribution in [1.29, 1.82) is 0 Å². The number of aromatic nitrogens is 2. The summed E-state index contributed by atoms with van der Waals surface area (Å²) in [6, 6.07) is 11.0. The summed E-state index contributed by atoms with van der Waals surface area (Å²) in [5, 5.41) is 0.615. The first-order valence-corrected chi connectivity index (χ1v) is 15.2. The van der Waals surface area contributed by atoms with Crippen molar-refractivity contribution in [3.63, 3.8) is 0 Å². The van der Waals surface area contributed by atoms with Gasteiger partial charge in [0.2, 0.25) is 0 Å². The predicted octanol–water partition coefficient (Wildman–Crippen LogP) is 7.31. The molecule has 2 heterocycles. The van der Waals surface area contributed by atoms with Crippen molar-refractivity contribution in [2.45, 2.75) is 52.6 Å². The number of sulfonamides is 1. The number of benzene rings is 2. The molecule has 0 radical (unpaired) electrons. The van der Waals surface area contributed by atoms with Crippen LogP contribution in [0.4, 0.5) is 18.9 Å². The molecule has 0 saturated heterocycles. The van der Waals surface area contributed by atoms with Crippen LogP contribution in [0.15, 0.2) is 51.4 Å². The Labute approximate surface area is 244 Å². The first kappa shape index (κ1) is 30.6. The molecular formula is C28H29BrF3N3O5S. The smallest absolute Gasteiger partial charge is 0.461 e. The largest absolute Gasteiger partial charge is 0.516 e. The number of imidazole rings is 1. The summed E-state index contributed by atoms with van der Waals surface area (Å²) >= 11 is 3.49. The predicted molar refractivity (Wildman–Crippen MR) is 153 cm³/mol. The van der Waals surface area contributed by atoms with Gasteiger partial charge in [0, 0.05) is 23.9 Å². The van der Waals surface area contributed by atoms with Gasteiger partial charge < -0.3 is 13.7 Å². The summed E-state index contributed by atoms with van der Waals surface area (Å²) in [5.74, 6) is 0.722. The minimum atomic E-state index is -5.65. The number of hydrogen-bond donors (Lipinski definition) is 1. The monoisotopic (exact) mass is 655 g/mol. The molecule has 1 N–H and O–H groups in total. The Morgan fingerprint density at radius 2 is 1.88 bits per heavy atom. The van der Waals surface area contributed by atoms with E-state index in [1.165, 1.54) is 18.2 Å². The van der Waals surface area contributed by atoms with Crippen LogP contribution in [0.3, 0.4) is 0 Å². The highest BCUT2D eigenvalue weighted by atomic mass is 79.9. The third-order valence-corrected chi connectivity index (χ3v) is 8.14. The molecule has 0 aliphatic heterocycles. The number of nitrogens with zero attached hydrogens (tertiary/aromatic N) is 2. The number of para-hydroxylation sites is 1. The molecule has 4 rings (SSSR count). The van der Waals surface area contributed by atoms with Crippen molar-refractivity contribution in [2.75, 3.05) is 11.3 Å². The summed E-state index contributed by atoms with van der Waals surface area (Å²) in [6.45, 7) is 8.34. The molecule has 0 spiro atoms. The first-order valence-electron chi connectivity index (χ1n) is 12.9. The van der Waals surface area contributed by atoms with Crippen molar-refractivity contribution in [3.8, 4) is 11.3 Å². The maximum Gasteiger partial charge on any atom is 0.516 e. The highest BCUT2D eigenvalue weighted by molar-refractivity contribution is 9.10. The van der Waals surface area contributed by atoms with Crippen LogP contribution in [0.2, 0.25) is 0 Å². The number of esters is 1. The van der Waals surface area contributed by atoms with E-state index in [0.29, 0.717) is 46.2 Å². The van der Waals surface area contributed by atoms with E-state index < -0.39 is 21.5 Å². The second kappa shape index (κ2) is 11.9. The van der Waals surface area contributed by atoms with E-state index in [-0.39, 0.29) is 29.5 Å². The summed E-state index contributed by atoms with van der Waals surface area (Å²) in [7, 11) is -5.65. The number of alkyl halides is 3. The van der Waals surface area contributed by atoms with E-state index in [1.807, 2.05) is 37.5 Å². The summed E-state index contributed by atoms with van der Waals surface area (Å²) in [4.78, 5) is 17.7. The fourth-order valence-corrected chi connectivity index (χ4v) is 5.68. The third kappa shape index (κ3) is 6.30. The third-order valence-electron chi connectivity index (χ3n) is 6.26. The fourth-order valence-electron chi connectivity index (χ4n) is 4.49. The lowest BCUT2D eigenvalue weighted by atomic mass is 10.1. The molecule has 4 aromatic rings. The van der Waals surface area contributed by atoms with Crippen LogP contribution in [0.1, 0.15) is 55.3 Å². The zero-order valence-electron chi connectivity index (χ0n) is 22.8. The number of furan rings is 1. The van der Waals surface area contributed by atoms with Gasteiger partial charge in [-0.3, -0.25) is 4.72 Å². The number of fused-ring (bicyclic) bond motifs is 1. The van der Waals surface area contributed by atoms with E-state index in [1.54, 1.807) is 23.8 Å². The van der Waals surface area contributed by atoms with Crippen LogP contribution in [0.5, 0.6) is 0 Å². The molecule has 0 atom stereocenters. The molecule has 0 fully saturated rings. The summed E-state index contributed by atoms with van der Waals surface area (Å²) in [5.41, 5.74) is -3.32. The van der Waals surface area contributed by atoms with Gasteiger partial charge in [0.25, 0.3) is 0 Å². The van der Waals surface area contributed by atoms with Crippen molar-refractivity contribution in [1.82, 2.24) is 9.55 Å². The van der Waals surface area contributed by atoms with Crippen LogP contribution in [-0.2, 0) is 34.1 Å². The van der Waals surface area contributed by atoms with E-state index in [4.69, 9.17) is 14.1 Å². The Bertz CT molecular complexity index is 1690. The van der Waals surface area contributed by atoms with E-state index in [0.717, 1.165) is 11.4 Å². The number of halogens is 4. The molecular weight excluding hydrogens is 627 g/mol. The highest BCUT2D eigenvalue weighted by Crippen LogP contribution is 2.42. The van der Waals surface area contributed by atoms with Gasteiger partial charge in [0.15, 0.2) is 11.5 Å². The minimum Gasteiger partial charge on any atom is -0.461 e. The highest BCUT2D eigenvalue weighted by Gasteiger charge is 2.46. The molecule has 0 aliphatic rings. The molecule has 2 aromatic carbocycles. The zero-order chi connectivity index (χ0) is 30.1. The lowest BCUT2D eigenvalue weighted by Gasteiger charge is -2.13. The average molecular weight is 657 g/mol.